The van der Waals surface area contributed by atoms with E-state index in [0.717, 1.165) is 4.31 Å². The van der Waals surface area contributed by atoms with E-state index in [2.05, 4.69) is 17.1 Å². The summed E-state index contributed by atoms with van der Waals surface area (Å²) in [5, 5.41) is 3.97. The molecule has 0 bridgehead atoms. The van der Waals surface area contributed by atoms with Crippen molar-refractivity contribution in [3.63, 3.8) is 0 Å². The van der Waals surface area contributed by atoms with Crippen LogP contribution in [-0.4, -0.2) is 47.4 Å². The van der Waals surface area contributed by atoms with Crippen molar-refractivity contribution in [1.29, 1.82) is 0 Å². The normalized spacial score (nSPS) is 11.1. The molecule has 0 aliphatic rings. The van der Waals surface area contributed by atoms with Crippen LogP contribution in [-0.2, 0) is 14.8 Å². The Kier molecular flexibility index (Phi) is 9.68. The molecular formula is C27H29N3O6S. The molecule has 0 saturated carbocycles. The van der Waals surface area contributed by atoms with Gasteiger partial charge in [-0.2, -0.15) is 5.10 Å². The number of carbonyl (C=O) groups is 1. The number of hydrogen-bond donors (Lipinski definition) is 1. The minimum atomic E-state index is -4.03. The Hall–Kier alpha value is -4.31. The minimum absolute atomic E-state index is 0.0612. The van der Waals surface area contributed by atoms with E-state index in [1.165, 1.54) is 25.5 Å². The summed E-state index contributed by atoms with van der Waals surface area (Å²) >= 11 is 0. The van der Waals surface area contributed by atoms with Crippen LogP contribution in [0, 0.1) is 0 Å². The zero-order valence-corrected chi connectivity index (χ0v) is 21.5. The molecule has 0 saturated heterocycles. The predicted molar refractivity (Wildman–Crippen MR) is 143 cm³/mol. The van der Waals surface area contributed by atoms with E-state index in [1.807, 2.05) is 6.92 Å². The number of sulfonamides is 1. The van der Waals surface area contributed by atoms with Gasteiger partial charge in [0.2, 0.25) is 0 Å². The molecular weight excluding hydrogens is 494 g/mol. The molecule has 1 N–H and O–H groups in total. The molecule has 10 heteroatoms. The third kappa shape index (κ3) is 7.34. The van der Waals surface area contributed by atoms with Gasteiger partial charge in [0, 0.05) is 0 Å². The summed E-state index contributed by atoms with van der Waals surface area (Å²) in [7, 11) is -2.52. The first kappa shape index (κ1) is 27.3. The number of hydrogen-bond acceptors (Lipinski definition) is 7. The maximum Gasteiger partial charge on any atom is 0.264 e. The fourth-order valence-electron chi connectivity index (χ4n) is 3.29. The van der Waals surface area contributed by atoms with Crippen LogP contribution in [0.2, 0.25) is 0 Å². The van der Waals surface area contributed by atoms with Gasteiger partial charge in [-0.1, -0.05) is 30.9 Å². The summed E-state index contributed by atoms with van der Waals surface area (Å²) in [6, 6.07) is 19.5. The van der Waals surface area contributed by atoms with Crippen LogP contribution >= 0.6 is 0 Å². The van der Waals surface area contributed by atoms with Gasteiger partial charge in [-0.15, -0.1) is 0 Å². The van der Waals surface area contributed by atoms with Gasteiger partial charge in [0.05, 0.1) is 30.5 Å². The Morgan fingerprint density at radius 2 is 1.76 bits per heavy atom. The molecule has 194 valence electrons. The molecule has 0 unspecified atom stereocenters. The topological polar surface area (TPSA) is 107 Å². The number of carbonyl (C=O) groups excluding carboxylic acids is 1. The number of amides is 1. The van der Waals surface area contributed by atoms with Gasteiger partial charge in [0.1, 0.15) is 18.9 Å². The highest BCUT2D eigenvalue weighted by molar-refractivity contribution is 7.92. The molecule has 3 aromatic carbocycles. The van der Waals surface area contributed by atoms with Crippen molar-refractivity contribution in [3.8, 4) is 17.2 Å². The molecule has 1 amide bonds. The lowest BCUT2D eigenvalue weighted by atomic mass is 10.2. The molecule has 0 aromatic heterocycles. The van der Waals surface area contributed by atoms with Crippen molar-refractivity contribution in [1.82, 2.24) is 5.43 Å². The van der Waals surface area contributed by atoms with E-state index < -0.39 is 22.5 Å². The lowest BCUT2D eigenvalue weighted by molar-refractivity contribution is -0.119. The fourth-order valence-corrected chi connectivity index (χ4v) is 4.73. The van der Waals surface area contributed by atoms with E-state index in [1.54, 1.807) is 66.7 Å². The average molecular weight is 524 g/mol. The van der Waals surface area contributed by atoms with Crippen molar-refractivity contribution >= 4 is 27.8 Å². The summed E-state index contributed by atoms with van der Waals surface area (Å²) in [6.45, 7) is 5.79. The maximum atomic E-state index is 13.4. The van der Waals surface area contributed by atoms with Gasteiger partial charge < -0.3 is 14.2 Å². The Morgan fingerprint density at radius 3 is 2.41 bits per heavy atom. The summed E-state index contributed by atoms with van der Waals surface area (Å²) in [4.78, 5) is 12.8. The minimum Gasteiger partial charge on any atom is -0.494 e. The van der Waals surface area contributed by atoms with Gasteiger partial charge in [-0.05, 0) is 67.1 Å². The van der Waals surface area contributed by atoms with Crippen molar-refractivity contribution in [2.45, 2.75) is 11.8 Å². The number of hydrazone groups is 1. The molecule has 37 heavy (non-hydrogen) atoms. The Morgan fingerprint density at radius 1 is 1.03 bits per heavy atom. The van der Waals surface area contributed by atoms with Crippen molar-refractivity contribution in [2.24, 2.45) is 5.10 Å². The van der Waals surface area contributed by atoms with E-state index in [0.29, 0.717) is 41.7 Å². The molecule has 0 heterocycles. The predicted octanol–water partition coefficient (Wildman–Crippen LogP) is 4.00. The number of benzene rings is 3. The number of anilines is 1. The first-order valence-corrected chi connectivity index (χ1v) is 12.9. The van der Waals surface area contributed by atoms with Gasteiger partial charge >= 0.3 is 0 Å². The van der Waals surface area contributed by atoms with Gasteiger partial charge in [0.25, 0.3) is 15.9 Å². The smallest absolute Gasteiger partial charge is 0.264 e. The number of methoxy groups -OCH3 is 1. The maximum absolute atomic E-state index is 13.4. The highest BCUT2D eigenvalue weighted by atomic mass is 32.2. The molecule has 3 rings (SSSR count). The molecule has 0 radical (unpaired) electrons. The molecule has 3 aromatic rings. The van der Waals surface area contributed by atoms with Crippen LogP contribution in [0.15, 0.2) is 95.4 Å². The van der Waals surface area contributed by atoms with Gasteiger partial charge in [0.15, 0.2) is 11.5 Å². The van der Waals surface area contributed by atoms with E-state index in [-0.39, 0.29) is 4.90 Å². The third-order valence-corrected chi connectivity index (χ3v) is 6.79. The van der Waals surface area contributed by atoms with Crippen LogP contribution in [0.4, 0.5) is 5.69 Å². The van der Waals surface area contributed by atoms with Crippen molar-refractivity contribution in [3.05, 3.63) is 91.0 Å². The van der Waals surface area contributed by atoms with Crippen LogP contribution < -0.4 is 23.9 Å². The molecule has 0 fully saturated rings. The monoisotopic (exact) mass is 523 g/mol. The summed E-state index contributed by atoms with van der Waals surface area (Å²) < 4.78 is 44.1. The molecule has 0 aliphatic heterocycles. The van der Waals surface area contributed by atoms with Crippen LogP contribution in [0.25, 0.3) is 0 Å². The highest BCUT2D eigenvalue weighted by Gasteiger charge is 2.27. The van der Waals surface area contributed by atoms with E-state index in [4.69, 9.17) is 14.2 Å². The number of rotatable bonds is 13. The van der Waals surface area contributed by atoms with Crippen LogP contribution in [0.1, 0.15) is 12.5 Å². The first-order valence-electron chi connectivity index (χ1n) is 11.4. The van der Waals surface area contributed by atoms with E-state index in [9.17, 15) is 13.2 Å². The van der Waals surface area contributed by atoms with Crippen LogP contribution in [0.5, 0.6) is 17.2 Å². The Labute approximate surface area is 217 Å². The second-order valence-corrected chi connectivity index (χ2v) is 9.42. The average Bonchev–Trinajstić information content (AvgIpc) is 2.92. The molecule has 0 atom stereocenters. The van der Waals surface area contributed by atoms with E-state index >= 15 is 0 Å². The first-order chi connectivity index (χ1) is 17.9. The Bertz CT molecular complexity index is 1330. The lowest BCUT2D eigenvalue weighted by Gasteiger charge is -2.24. The third-order valence-electron chi connectivity index (χ3n) is 5.00. The molecule has 0 spiro atoms. The zero-order chi connectivity index (χ0) is 26.7. The van der Waals surface area contributed by atoms with Crippen molar-refractivity contribution in [2.75, 3.05) is 31.2 Å². The molecule has 9 nitrogen and oxygen atoms in total. The largest absolute Gasteiger partial charge is 0.494 e. The zero-order valence-electron chi connectivity index (χ0n) is 20.7. The SMILES string of the molecule is C=CCOc1ccc(/C=N\NC(=O)CN(c2ccc(OCC)cc2)S(=O)(=O)c2ccccc2)cc1OC. The van der Waals surface area contributed by atoms with Crippen molar-refractivity contribution < 1.29 is 27.4 Å². The van der Waals surface area contributed by atoms with Crippen LogP contribution in [0.3, 0.4) is 0 Å². The summed E-state index contributed by atoms with van der Waals surface area (Å²) in [5.74, 6) is 1.00. The second kappa shape index (κ2) is 13.1. The Balaban J connectivity index is 1.78. The molecule has 0 aliphatic carbocycles. The summed E-state index contributed by atoms with van der Waals surface area (Å²) in [6.07, 6.45) is 3.05. The lowest BCUT2D eigenvalue weighted by Crippen LogP contribution is -2.39. The second-order valence-electron chi connectivity index (χ2n) is 7.55. The fraction of sp³-hybridized carbons (Fsp3) is 0.185. The number of nitrogens with one attached hydrogen (secondary N) is 1. The quantitative estimate of drug-likeness (QED) is 0.206. The summed E-state index contributed by atoms with van der Waals surface area (Å²) in [5.41, 5.74) is 3.34. The number of ether oxygens (including phenoxy) is 3. The number of nitrogens with zero attached hydrogens (tertiary/aromatic N) is 2. The highest BCUT2D eigenvalue weighted by Crippen LogP contribution is 2.28. The van der Waals surface area contributed by atoms with Gasteiger partial charge in [-0.3, -0.25) is 9.10 Å². The standard InChI is InChI=1S/C27H29N3O6S/c1-4-17-36-25-16-11-21(18-26(25)34-3)19-28-29-27(31)20-30(22-12-14-23(15-13-22)35-5-2)37(32,33)24-9-7-6-8-10-24/h4,6-16,18-19H,1,5,17,20H2,2-3H3,(H,29,31)/b28-19-. The van der Waals surface area contributed by atoms with Gasteiger partial charge in [-0.25, -0.2) is 13.8 Å².